The van der Waals surface area contributed by atoms with E-state index < -0.39 is 0 Å². The number of hydrogen-bond acceptors (Lipinski definition) is 5. The van der Waals surface area contributed by atoms with E-state index in [1.165, 1.54) is 0 Å². The number of amides is 1. The highest BCUT2D eigenvalue weighted by atomic mass is 35.5. The molecule has 0 spiro atoms. The van der Waals surface area contributed by atoms with Crippen molar-refractivity contribution >= 4 is 34.2 Å². The van der Waals surface area contributed by atoms with Crippen LogP contribution >= 0.6 is 11.6 Å². The molecular formula is C25H23ClN6O2. The summed E-state index contributed by atoms with van der Waals surface area (Å²) < 4.78 is 9.05. The molecule has 8 nitrogen and oxygen atoms in total. The number of halogens is 1. The van der Waals surface area contributed by atoms with Crippen molar-refractivity contribution in [3.8, 4) is 11.3 Å². The third kappa shape index (κ3) is 4.08. The molecule has 1 aromatic carbocycles. The molecule has 1 amide bonds. The first-order valence-electron chi connectivity index (χ1n) is 10.8. The van der Waals surface area contributed by atoms with E-state index in [2.05, 4.69) is 20.5 Å². The van der Waals surface area contributed by atoms with Crippen LogP contribution in [0, 0.1) is 20.8 Å². The van der Waals surface area contributed by atoms with Gasteiger partial charge in [-0.25, -0.2) is 9.67 Å². The minimum absolute atomic E-state index is 0.0251. The highest BCUT2D eigenvalue weighted by Gasteiger charge is 2.19. The number of carbonyl (C=O) groups is 1. The molecule has 0 aliphatic heterocycles. The van der Waals surface area contributed by atoms with Gasteiger partial charge in [0.15, 0.2) is 5.65 Å². The molecule has 172 valence electrons. The quantitative estimate of drug-likeness (QED) is 0.367. The number of nitrogens with zero attached hydrogens (tertiary/aromatic N) is 5. The highest BCUT2D eigenvalue weighted by Crippen LogP contribution is 2.30. The number of benzene rings is 1. The fourth-order valence-corrected chi connectivity index (χ4v) is 4.40. The molecule has 0 saturated heterocycles. The summed E-state index contributed by atoms with van der Waals surface area (Å²) in [5, 5.41) is 13.7. The van der Waals surface area contributed by atoms with E-state index in [9.17, 15) is 4.79 Å². The Morgan fingerprint density at radius 1 is 1.06 bits per heavy atom. The first kappa shape index (κ1) is 21.9. The van der Waals surface area contributed by atoms with Crippen molar-refractivity contribution in [1.29, 1.82) is 0 Å². The van der Waals surface area contributed by atoms with Crippen LogP contribution in [0.25, 0.3) is 22.4 Å². The van der Waals surface area contributed by atoms with Gasteiger partial charge in [0.2, 0.25) is 5.91 Å². The van der Waals surface area contributed by atoms with Gasteiger partial charge in [0.25, 0.3) is 0 Å². The van der Waals surface area contributed by atoms with Crippen LogP contribution in [0.5, 0.6) is 0 Å². The van der Waals surface area contributed by atoms with Gasteiger partial charge in [0.05, 0.1) is 41.0 Å². The van der Waals surface area contributed by atoms with Crippen molar-refractivity contribution in [3.63, 3.8) is 0 Å². The zero-order chi connectivity index (χ0) is 23.8. The van der Waals surface area contributed by atoms with Crippen LogP contribution in [0.1, 0.15) is 22.6 Å². The van der Waals surface area contributed by atoms with Gasteiger partial charge in [-0.05, 0) is 56.7 Å². The normalized spacial score (nSPS) is 11.3. The summed E-state index contributed by atoms with van der Waals surface area (Å²) in [7, 11) is 0. The lowest BCUT2D eigenvalue weighted by Crippen LogP contribution is -2.20. The van der Waals surface area contributed by atoms with Crippen LogP contribution in [0.15, 0.2) is 59.3 Å². The van der Waals surface area contributed by atoms with Gasteiger partial charge in [0, 0.05) is 16.8 Å². The van der Waals surface area contributed by atoms with E-state index in [0.29, 0.717) is 22.9 Å². The molecular weight excluding hydrogens is 452 g/mol. The lowest BCUT2D eigenvalue weighted by atomic mass is 10.1. The fraction of sp³-hybridized carbons (Fsp3) is 0.200. The van der Waals surface area contributed by atoms with Gasteiger partial charge in [-0.15, -0.1) is 0 Å². The van der Waals surface area contributed by atoms with Crippen LogP contribution in [-0.4, -0.2) is 30.5 Å². The van der Waals surface area contributed by atoms with Crippen molar-refractivity contribution in [1.82, 2.24) is 24.5 Å². The molecule has 0 bridgehead atoms. The zero-order valence-electron chi connectivity index (χ0n) is 19.0. The third-order valence-corrected chi connectivity index (χ3v) is 5.99. The molecule has 4 heterocycles. The predicted octanol–water partition coefficient (Wildman–Crippen LogP) is 5.15. The molecule has 0 aliphatic rings. The number of pyridine rings is 1. The van der Waals surface area contributed by atoms with E-state index in [1.807, 2.05) is 67.9 Å². The Kier molecular flexibility index (Phi) is 5.67. The molecule has 0 radical (unpaired) electrons. The summed E-state index contributed by atoms with van der Waals surface area (Å²) in [5.74, 6) is 0.529. The summed E-state index contributed by atoms with van der Waals surface area (Å²) in [5.41, 5.74) is 5.65. The number of nitrogens with one attached hydrogen (secondary N) is 1. The molecule has 0 aliphatic carbocycles. The van der Waals surface area contributed by atoms with Gasteiger partial charge in [-0.2, -0.15) is 10.2 Å². The highest BCUT2D eigenvalue weighted by molar-refractivity contribution is 6.30. The number of aryl methyl sites for hydroxylation is 2. The minimum Gasteiger partial charge on any atom is -0.464 e. The maximum Gasteiger partial charge on any atom is 0.246 e. The average molecular weight is 475 g/mol. The SMILES string of the molecule is Cc1nn(Cc2cccc(Cl)c2)c(C)c1NC(=O)Cn1nc(C)c2c(-c3ccco3)ccnc21. The van der Waals surface area contributed by atoms with Crippen LogP contribution in [-0.2, 0) is 17.9 Å². The number of rotatable bonds is 6. The summed E-state index contributed by atoms with van der Waals surface area (Å²) in [6.45, 7) is 6.30. The van der Waals surface area contributed by atoms with Crippen molar-refractivity contribution in [3.05, 3.63) is 82.6 Å². The van der Waals surface area contributed by atoms with Gasteiger partial charge in [-0.1, -0.05) is 23.7 Å². The molecule has 5 rings (SSSR count). The molecule has 4 aromatic heterocycles. The molecule has 5 aromatic rings. The maximum atomic E-state index is 13.0. The number of anilines is 1. The molecule has 1 N–H and O–H groups in total. The summed E-state index contributed by atoms with van der Waals surface area (Å²) in [6.07, 6.45) is 3.33. The Bertz CT molecular complexity index is 1500. The van der Waals surface area contributed by atoms with Crippen molar-refractivity contribution in [2.45, 2.75) is 33.9 Å². The average Bonchev–Trinajstić information content (AvgIpc) is 3.51. The Labute approximate surface area is 201 Å². The number of furan rings is 1. The van der Waals surface area contributed by atoms with E-state index in [-0.39, 0.29) is 12.5 Å². The molecule has 0 atom stereocenters. The number of fused-ring (bicyclic) bond motifs is 1. The van der Waals surface area contributed by atoms with Crippen molar-refractivity contribution in [2.75, 3.05) is 5.32 Å². The van der Waals surface area contributed by atoms with E-state index in [0.717, 1.165) is 39.4 Å². The van der Waals surface area contributed by atoms with E-state index >= 15 is 0 Å². The topological polar surface area (TPSA) is 90.8 Å². The second-order valence-corrected chi connectivity index (χ2v) is 8.60. The Morgan fingerprint density at radius 3 is 2.65 bits per heavy atom. The minimum atomic E-state index is -0.205. The van der Waals surface area contributed by atoms with Crippen LogP contribution < -0.4 is 5.32 Å². The van der Waals surface area contributed by atoms with E-state index in [1.54, 1.807) is 17.1 Å². The number of hydrogen-bond donors (Lipinski definition) is 1. The van der Waals surface area contributed by atoms with E-state index in [4.69, 9.17) is 16.0 Å². The second-order valence-electron chi connectivity index (χ2n) is 8.16. The van der Waals surface area contributed by atoms with Crippen molar-refractivity contribution in [2.24, 2.45) is 0 Å². The molecule has 0 saturated carbocycles. The van der Waals surface area contributed by atoms with Gasteiger partial charge in [-0.3, -0.25) is 9.48 Å². The van der Waals surface area contributed by atoms with Gasteiger partial charge < -0.3 is 9.73 Å². The largest absolute Gasteiger partial charge is 0.464 e. The molecule has 9 heteroatoms. The summed E-state index contributed by atoms with van der Waals surface area (Å²) in [4.78, 5) is 17.5. The number of carbonyl (C=O) groups excluding carboxylic acids is 1. The monoisotopic (exact) mass is 474 g/mol. The lowest BCUT2D eigenvalue weighted by Gasteiger charge is -2.08. The Hall–Kier alpha value is -3.91. The first-order chi connectivity index (χ1) is 16.4. The van der Waals surface area contributed by atoms with Crippen LogP contribution in [0.2, 0.25) is 5.02 Å². The van der Waals surface area contributed by atoms with Crippen molar-refractivity contribution < 1.29 is 9.21 Å². The standard InChI is InChI=1S/C25H23ClN6O2/c1-15-23-20(21-8-5-11-34-21)9-10-27-25(23)32(29-15)14-22(33)28-24-16(2)30-31(17(24)3)13-18-6-4-7-19(26)12-18/h4-12H,13-14H2,1-3H3,(H,28,33). The summed E-state index contributed by atoms with van der Waals surface area (Å²) >= 11 is 6.11. The van der Waals surface area contributed by atoms with Crippen LogP contribution in [0.4, 0.5) is 5.69 Å². The molecule has 34 heavy (non-hydrogen) atoms. The Balaban J connectivity index is 1.38. The van der Waals surface area contributed by atoms with Gasteiger partial charge in [0.1, 0.15) is 12.3 Å². The first-order valence-corrected chi connectivity index (χ1v) is 11.2. The number of aromatic nitrogens is 5. The summed E-state index contributed by atoms with van der Waals surface area (Å²) in [6, 6.07) is 13.3. The van der Waals surface area contributed by atoms with Gasteiger partial charge >= 0.3 is 0 Å². The zero-order valence-corrected chi connectivity index (χ0v) is 19.8. The van der Waals surface area contributed by atoms with Crippen LogP contribution in [0.3, 0.4) is 0 Å². The second kappa shape index (κ2) is 8.79. The Morgan fingerprint density at radius 2 is 1.88 bits per heavy atom. The lowest BCUT2D eigenvalue weighted by molar-refractivity contribution is -0.116. The smallest absolute Gasteiger partial charge is 0.246 e. The predicted molar refractivity (Wildman–Crippen MR) is 131 cm³/mol. The third-order valence-electron chi connectivity index (χ3n) is 5.76. The molecule has 0 fully saturated rings. The fourth-order valence-electron chi connectivity index (χ4n) is 4.18. The molecule has 0 unspecified atom stereocenters. The maximum absolute atomic E-state index is 13.0.